The number of rotatable bonds is 4. The topological polar surface area (TPSA) is 46.5 Å². The molecule has 0 spiro atoms. The Morgan fingerprint density at radius 3 is 2.53 bits per heavy atom. The number of hydrogen-bond acceptors (Lipinski definition) is 2. The average Bonchev–Trinajstić information content (AvgIpc) is 3.02. The summed E-state index contributed by atoms with van der Waals surface area (Å²) in [6, 6.07) is 0. The van der Waals surface area contributed by atoms with Crippen molar-refractivity contribution in [2.75, 3.05) is 6.61 Å². The van der Waals surface area contributed by atoms with Crippen LogP contribution in [0.15, 0.2) is 0 Å². The smallest absolute Gasteiger partial charge is 0.309 e. The maximum absolute atomic E-state index is 11.1. The van der Waals surface area contributed by atoms with Gasteiger partial charge in [-0.05, 0) is 31.6 Å². The molecule has 86 valence electrons. The van der Waals surface area contributed by atoms with Gasteiger partial charge in [0.25, 0.3) is 0 Å². The van der Waals surface area contributed by atoms with E-state index in [1.54, 1.807) is 0 Å². The van der Waals surface area contributed by atoms with E-state index in [1.165, 1.54) is 12.8 Å². The molecule has 1 N–H and O–H groups in total. The van der Waals surface area contributed by atoms with Gasteiger partial charge >= 0.3 is 5.97 Å². The van der Waals surface area contributed by atoms with Crippen LogP contribution in [-0.4, -0.2) is 23.8 Å². The molecule has 0 radical (unpaired) electrons. The Kier molecular flexibility index (Phi) is 3.62. The first-order valence-corrected chi connectivity index (χ1v) is 6.12. The summed E-state index contributed by atoms with van der Waals surface area (Å²) in [7, 11) is 0. The van der Waals surface area contributed by atoms with E-state index in [9.17, 15) is 4.79 Å². The minimum atomic E-state index is -0.669. The van der Waals surface area contributed by atoms with Crippen LogP contribution in [0.1, 0.15) is 44.9 Å². The van der Waals surface area contributed by atoms with Gasteiger partial charge in [0.15, 0.2) is 0 Å². The quantitative estimate of drug-likeness (QED) is 0.728. The second-order valence-corrected chi connectivity index (χ2v) is 4.90. The monoisotopic (exact) mass is 212 g/mol. The molecule has 2 rings (SSSR count). The van der Waals surface area contributed by atoms with E-state index < -0.39 is 5.97 Å². The Labute approximate surface area is 90.8 Å². The molecule has 15 heavy (non-hydrogen) atoms. The lowest BCUT2D eigenvalue weighted by molar-refractivity contribution is -0.148. The summed E-state index contributed by atoms with van der Waals surface area (Å²) in [4.78, 5) is 11.1. The van der Waals surface area contributed by atoms with E-state index in [2.05, 4.69) is 0 Å². The maximum atomic E-state index is 11.1. The van der Waals surface area contributed by atoms with Crippen LogP contribution in [0.25, 0.3) is 0 Å². The van der Waals surface area contributed by atoms with Crippen LogP contribution in [-0.2, 0) is 9.53 Å². The fourth-order valence-corrected chi connectivity index (χ4v) is 2.30. The third-order valence-electron chi connectivity index (χ3n) is 3.51. The van der Waals surface area contributed by atoms with Gasteiger partial charge < -0.3 is 9.84 Å². The molecule has 2 fully saturated rings. The second-order valence-electron chi connectivity index (χ2n) is 4.90. The number of carboxylic acids is 1. The van der Waals surface area contributed by atoms with E-state index in [1.807, 2.05) is 0 Å². The fourth-order valence-electron chi connectivity index (χ4n) is 2.30. The maximum Gasteiger partial charge on any atom is 0.309 e. The van der Waals surface area contributed by atoms with Gasteiger partial charge in [0.2, 0.25) is 0 Å². The summed E-state index contributed by atoms with van der Waals surface area (Å²) in [5, 5.41) is 9.13. The highest BCUT2D eigenvalue weighted by Crippen LogP contribution is 2.32. The minimum Gasteiger partial charge on any atom is -0.481 e. The van der Waals surface area contributed by atoms with Crippen molar-refractivity contribution in [3.05, 3.63) is 0 Å². The molecule has 3 heteroatoms. The van der Waals surface area contributed by atoms with Gasteiger partial charge in [0, 0.05) is 6.61 Å². The molecule has 2 aliphatic rings. The number of hydrogen-bond donors (Lipinski definition) is 1. The highest BCUT2D eigenvalue weighted by Gasteiger charge is 2.32. The lowest BCUT2D eigenvalue weighted by atomic mass is 9.97. The highest BCUT2D eigenvalue weighted by atomic mass is 16.5. The van der Waals surface area contributed by atoms with E-state index in [4.69, 9.17) is 9.84 Å². The van der Waals surface area contributed by atoms with Crippen LogP contribution in [0.3, 0.4) is 0 Å². The minimum absolute atomic E-state index is 0.0226. The zero-order valence-electron chi connectivity index (χ0n) is 9.15. The van der Waals surface area contributed by atoms with Crippen molar-refractivity contribution in [2.45, 2.75) is 51.0 Å². The number of carbonyl (C=O) groups is 1. The van der Waals surface area contributed by atoms with Gasteiger partial charge in [-0.25, -0.2) is 0 Å². The molecule has 3 nitrogen and oxygen atoms in total. The van der Waals surface area contributed by atoms with E-state index in [0.717, 1.165) is 44.6 Å². The summed E-state index contributed by atoms with van der Waals surface area (Å²) in [6.45, 7) is 0.786. The van der Waals surface area contributed by atoms with Gasteiger partial charge in [0.1, 0.15) is 0 Å². The van der Waals surface area contributed by atoms with Gasteiger partial charge in [-0.15, -0.1) is 0 Å². The highest BCUT2D eigenvalue weighted by molar-refractivity contribution is 5.70. The van der Waals surface area contributed by atoms with Crippen molar-refractivity contribution >= 4 is 5.97 Å². The summed E-state index contributed by atoms with van der Waals surface area (Å²) in [6.07, 6.45) is 7.57. The number of ether oxygens (including phenoxy) is 1. The fraction of sp³-hybridized carbons (Fsp3) is 0.917. The molecule has 0 aromatic carbocycles. The van der Waals surface area contributed by atoms with Crippen LogP contribution in [0, 0.1) is 11.8 Å². The zero-order chi connectivity index (χ0) is 10.7. The largest absolute Gasteiger partial charge is 0.481 e. The molecule has 2 aliphatic carbocycles. The average molecular weight is 212 g/mol. The summed E-state index contributed by atoms with van der Waals surface area (Å²) < 4.78 is 5.78. The van der Waals surface area contributed by atoms with E-state index in [0.29, 0.717) is 0 Å². The standard InChI is InChI=1S/C12H20O3/c13-12(14)10-4-2-1-3-5-11(10)15-8-9-6-7-9/h9-11H,1-8H2,(H,13,14). The van der Waals surface area contributed by atoms with Crippen molar-refractivity contribution in [3.8, 4) is 0 Å². The third kappa shape index (κ3) is 3.20. The second kappa shape index (κ2) is 4.97. The molecule has 0 aliphatic heterocycles. The molecule has 0 saturated heterocycles. The molecule has 2 saturated carbocycles. The van der Waals surface area contributed by atoms with Crippen molar-refractivity contribution in [3.63, 3.8) is 0 Å². The molecule has 2 unspecified atom stereocenters. The first-order chi connectivity index (χ1) is 7.27. The molecule has 0 aromatic heterocycles. The van der Waals surface area contributed by atoms with E-state index >= 15 is 0 Å². The Hall–Kier alpha value is -0.570. The van der Waals surface area contributed by atoms with E-state index in [-0.39, 0.29) is 12.0 Å². The van der Waals surface area contributed by atoms with Crippen molar-refractivity contribution in [2.24, 2.45) is 11.8 Å². The van der Waals surface area contributed by atoms with Crippen LogP contribution < -0.4 is 0 Å². The molecule has 2 atom stereocenters. The summed E-state index contributed by atoms with van der Waals surface area (Å²) in [5.74, 6) is -0.202. The van der Waals surface area contributed by atoms with Crippen LogP contribution in [0.5, 0.6) is 0 Å². The summed E-state index contributed by atoms with van der Waals surface area (Å²) in [5.41, 5.74) is 0. The molecular formula is C12H20O3. The van der Waals surface area contributed by atoms with Crippen LogP contribution in [0.4, 0.5) is 0 Å². The van der Waals surface area contributed by atoms with Crippen molar-refractivity contribution in [1.82, 2.24) is 0 Å². The first-order valence-electron chi connectivity index (χ1n) is 6.12. The molecule has 0 amide bonds. The first kappa shape index (κ1) is 10.9. The summed E-state index contributed by atoms with van der Waals surface area (Å²) >= 11 is 0. The molecule has 0 aromatic rings. The lowest BCUT2D eigenvalue weighted by Gasteiger charge is -2.21. The zero-order valence-corrected chi connectivity index (χ0v) is 9.15. The predicted molar refractivity (Wildman–Crippen MR) is 56.7 cm³/mol. The van der Waals surface area contributed by atoms with Gasteiger partial charge in [-0.2, -0.15) is 0 Å². The predicted octanol–water partition coefficient (Wildman–Crippen LogP) is 2.45. The molecule has 0 bridgehead atoms. The van der Waals surface area contributed by atoms with Gasteiger partial charge in [-0.1, -0.05) is 19.3 Å². The molecule has 0 heterocycles. The molecular weight excluding hydrogens is 192 g/mol. The number of carboxylic acid groups (broad SMARTS) is 1. The Bertz CT molecular complexity index is 223. The SMILES string of the molecule is O=C(O)C1CCCCCC1OCC1CC1. The normalized spacial score (nSPS) is 32.3. The Morgan fingerprint density at radius 1 is 1.13 bits per heavy atom. The van der Waals surface area contributed by atoms with Crippen molar-refractivity contribution in [1.29, 1.82) is 0 Å². The van der Waals surface area contributed by atoms with Gasteiger partial charge in [0.05, 0.1) is 12.0 Å². The third-order valence-corrected chi connectivity index (χ3v) is 3.51. The van der Waals surface area contributed by atoms with Crippen LogP contribution in [0.2, 0.25) is 0 Å². The van der Waals surface area contributed by atoms with Crippen LogP contribution >= 0.6 is 0 Å². The number of aliphatic carboxylic acids is 1. The van der Waals surface area contributed by atoms with Crippen molar-refractivity contribution < 1.29 is 14.6 Å². The Balaban J connectivity index is 1.86. The Morgan fingerprint density at radius 2 is 1.87 bits per heavy atom. The van der Waals surface area contributed by atoms with Gasteiger partial charge in [-0.3, -0.25) is 4.79 Å². The lowest BCUT2D eigenvalue weighted by Crippen LogP contribution is -2.30.